The van der Waals surface area contributed by atoms with Crippen molar-refractivity contribution in [1.82, 2.24) is 19.5 Å². The van der Waals surface area contributed by atoms with E-state index in [0.717, 1.165) is 44.9 Å². The highest BCUT2D eigenvalue weighted by atomic mass is 19.1. The third-order valence-corrected chi connectivity index (χ3v) is 6.55. The summed E-state index contributed by atoms with van der Waals surface area (Å²) in [6, 6.07) is 1.78. The summed E-state index contributed by atoms with van der Waals surface area (Å²) in [7, 11) is 0. The van der Waals surface area contributed by atoms with Gasteiger partial charge in [-0.25, -0.2) is 23.1 Å². The number of benzene rings is 1. The number of nitrogens with zero attached hydrogens (tertiary/aromatic N) is 4. The summed E-state index contributed by atoms with van der Waals surface area (Å²) in [5.41, 5.74) is 0.762. The Labute approximate surface area is 184 Å². The van der Waals surface area contributed by atoms with Gasteiger partial charge in [-0.3, -0.25) is 4.57 Å². The zero-order chi connectivity index (χ0) is 22.1. The fourth-order valence-corrected chi connectivity index (χ4v) is 4.94. The minimum atomic E-state index is -1.00. The van der Waals surface area contributed by atoms with E-state index in [2.05, 4.69) is 20.6 Å². The number of fused-ring (bicyclic) bond motifs is 1. The molecular formula is C23H27F3N6. The highest BCUT2D eigenvalue weighted by Gasteiger charge is 2.25. The summed E-state index contributed by atoms with van der Waals surface area (Å²) in [5, 5.41) is 6.21. The summed E-state index contributed by atoms with van der Waals surface area (Å²) in [4.78, 5) is 13.7. The lowest BCUT2D eigenvalue weighted by Crippen LogP contribution is -2.23. The molecule has 5 rings (SSSR count). The van der Waals surface area contributed by atoms with Crippen molar-refractivity contribution in [2.75, 3.05) is 10.6 Å². The maximum absolute atomic E-state index is 14.3. The fourth-order valence-electron chi connectivity index (χ4n) is 4.94. The molecule has 0 saturated heterocycles. The Bertz CT molecular complexity index is 1080. The summed E-state index contributed by atoms with van der Waals surface area (Å²) in [5.74, 6) is -2.13. The predicted molar refractivity (Wildman–Crippen MR) is 118 cm³/mol. The lowest BCUT2D eigenvalue weighted by atomic mass is 9.95. The molecule has 2 N–H and O–H groups in total. The van der Waals surface area contributed by atoms with E-state index in [4.69, 9.17) is 4.98 Å². The van der Waals surface area contributed by atoms with Crippen LogP contribution in [-0.4, -0.2) is 25.6 Å². The van der Waals surface area contributed by atoms with Crippen molar-refractivity contribution in [2.45, 2.75) is 76.3 Å². The van der Waals surface area contributed by atoms with Gasteiger partial charge in [-0.15, -0.1) is 0 Å². The van der Waals surface area contributed by atoms with Crippen LogP contribution in [0.2, 0.25) is 0 Å². The second-order valence-corrected chi connectivity index (χ2v) is 8.85. The number of aromatic nitrogens is 4. The average Bonchev–Trinajstić information content (AvgIpc) is 3.15. The average molecular weight is 445 g/mol. The van der Waals surface area contributed by atoms with Gasteiger partial charge in [0, 0.05) is 24.2 Å². The van der Waals surface area contributed by atoms with Gasteiger partial charge >= 0.3 is 0 Å². The minimum absolute atomic E-state index is 0.111. The van der Waals surface area contributed by atoms with Crippen molar-refractivity contribution in [3.8, 4) is 0 Å². The van der Waals surface area contributed by atoms with Gasteiger partial charge in [0.2, 0.25) is 11.9 Å². The minimum Gasteiger partial charge on any atom is -0.351 e. The fraction of sp³-hybridized carbons (Fsp3) is 0.522. The van der Waals surface area contributed by atoms with E-state index in [1.807, 2.05) is 4.57 Å². The molecule has 2 aliphatic carbocycles. The zero-order valence-electron chi connectivity index (χ0n) is 17.9. The van der Waals surface area contributed by atoms with Crippen LogP contribution in [0.25, 0.3) is 11.2 Å². The van der Waals surface area contributed by atoms with Gasteiger partial charge in [-0.05, 0) is 25.7 Å². The van der Waals surface area contributed by atoms with Crippen LogP contribution in [0.1, 0.15) is 70.3 Å². The predicted octanol–water partition coefficient (Wildman–Crippen LogP) is 6.24. The number of anilines is 3. The molecule has 6 nitrogen and oxygen atoms in total. The van der Waals surface area contributed by atoms with Crippen molar-refractivity contribution in [3.63, 3.8) is 0 Å². The molecule has 2 aliphatic rings. The molecule has 0 aliphatic heterocycles. The number of hydrogen-bond acceptors (Lipinski definition) is 5. The van der Waals surface area contributed by atoms with Crippen molar-refractivity contribution in [2.24, 2.45) is 0 Å². The Hall–Kier alpha value is -2.84. The van der Waals surface area contributed by atoms with Crippen LogP contribution in [0.3, 0.4) is 0 Å². The van der Waals surface area contributed by atoms with Crippen LogP contribution in [0, 0.1) is 17.5 Å². The molecule has 0 bridgehead atoms. The molecular weight excluding hydrogens is 417 g/mol. The molecule has 1 aromatic carbocycles. The first-order valence-corrected chi connectivity index (χ1v) is 11.5. The van der Waals surface area contributed by atoms with Crippen molar-refractivity contribution in [3.05, 3.63) is 35.8 Å². The van der Waals surface area contributed by atoms with Crippen LogP contribution >= 0.6 is 0 Å². The van der Waals surface area contributed by atoms with Gasteiger partial charge in [0.05, 0.1) is 6.20 Å². The largest absolute Gasteiger partial charge is 0.351 e. The molecule has 9 heteroatoms. The van der Waals surface area contributed by atoms with Gasteiger partial charge in [-0.2, -0.15) is 4.98 Å². The molecule has 170 valence electrons. The quantitative estimate of drug-likeness (QED) is 0.488. The number of hydrogen-bond donors (Lipinski definition) is 2. The van der Waals surface area contributed by atoms with E-state index in [1.165, 1.54) is 19.3 Å². The summed E-state index contributed by atoms with van der Waals surface area (Å²) < 4.78 is 44.0. The van der Waals surface area contributed by atoms with Crippen LogP contribution in [-0.2, 0) is 0 Å². The van der Waals surface area contributed by atoms with Gasteiger partial charge in [-0.1, -0.05) is 38.5 Å². The molecule has 2 aromatic heterocycles. The number of halogens is 3. The Morgan fingerprint density at radius 1 is 0.844 bits per heavy atom. The Morgan fingerprint density at radius 3 is 2.19 bits per heavy atom. The van der Waals surface area contributed by atoms with Crippen molar-refractivity contribution < 1.29 is 13.2 Å². The van der Waals surface area contributed by atoms with Crippen LogP contribution in [0.15, 0.2) is 18.3 Å². The third kappa shape index (κ3) is 4.25. The van der Waals surface area contributed by atoms with Crippen LogP contribution < -0.4 is 10.6 Å². The number of imidazole rings is 1. The second kappa shape index (κ2) is 8.96. The highest BCUT2D eigenvalue weighted by molar-refractivity contribution is 5.76. The third-order valence-electron chi connectivity index (χ3n) is 6.55. The SMILES string of the molecule is Fc1cc(F)c(Nc2nc3cnc(NC4CCCCC4)nc3n2C2CCCCC2)c(F)c1. The summed E-state index contributed by atoms with van der Waals surface area (Å²) >= 11 is 0. The maximum Gasteiger partial charge on any atom is 0.224 e. The second-order valence-electron chi connectivity index (χ2n) is 8.85. The van der Waals surface area contributed by atoms with Crippen LogP contribution in [0.4, 0.5) is 30.8 Å². The number of nitrogens with one attached hydrogen (secondary N) is 2. The van der Waals surface area contributed by atoms with Gasteiger partial charge < -0.3 is 10.6 Å². The Morgan fingerprint density at radius 2 is 1.50 bits per heavy atom. The Balaban J connectivity index is 1.54. The maximum atomic E-state index is 14.3. The lowest BCUT2D eigenvalue weighted by molar-refractivity contribution is 0.361. The monoisotopic (exact) mass is 444 g/mol. The van der Waals surface area contributed by atoms with E-state index in [0.29, 0.717) is 41.2 Å². The van der Waals surface area contributed by atoms with Gasteiger partial charge in [0.25, 0.3) is 0 Å². The molecule has 2 saturated carbocycles. The molecule has 0 unspecified atom stereocenters. The summed E-state index contributed by atoms with van der Waals surface area (Å²) in [6.45, 7) is 0. The highest BCUT2D eigenvalue weighted by Crippen LogP contribution is 2.35. The molecule has 0 radical (unpaired) electrons. The molecule has 0 spiro atoms. The Kier molecular flexibility index (Phi) is 5.89. The molecule has 3 aromatic rings. The first-order chi connectivity index (χ1) is 15.6. The van der Waals surface area contributed by atoms with Crippen LogP contribution in [0.5, 0.6) is 0 Å². The van der Waals surface area contributed by atoms with E-state index >= 15 is 0 Å². The normalized spacial score (nSPS) is 18.2. The number of rotatable bonds is 5. The molecule has 0 amide bonds. The van der Waals surface area contributed by atoms with E-state index in [1.54, 1.807) is 6.20 Å². The van der Waals surface area contributed by atoms with Crippen molar-refractivity contribution in [1.29, 1.82) is 0 Å². The topological polar surface area (TPSA) is 67.7 Å². The first kappa shape index (κ1) is 21.0. The smallest absolute Gasteiger partial charge is 0.224 e. The van der Waals surface area contributed by atoms with E-state index < -0.39 is 23.1 Å². The van der Waals surface area contributed by atoms with Gasteiger partial charge in [0.1, 0.15) is 17.0 Å². The standard InChI is InChI=1S/C23H27F3N6/c24-14-11-17(25)20(18(26)12-14)30-23-29-19-13-27-22(28-15-7-3-1-4-8-15)31-21(19)32(23)16-9-5-2-6-10-16/h11-13,15-16H,1-10H2,(H,29,30)(H,27,28,31). The molecule has 32 heavy (non-hydrogen) atoms. The molecule has 0 atom stereocenters. The molecule has 2 heterocycles. The first-order valence-electron chi connectivity index (χ1n) is 11.5. The zero-order valence-corrected chi connectivity index (χ0v) is 17.9. The van der Waals surface area contributed by atoms with E-state index in [-0.39, 0.29) is 6.04 Å². The lowest BCUT2D eigenvalue weighted by Gasteiger charge is -2.25. The summed E-state index contributed by atoms with van der Waals surface area (Å²) in [6.07, 6.45) is 12.7. The molecule has 2 fully saturated rings. The van der Waals surface area contributed by atoms with Gasteiger partial charge in [0.15, 0.2) is 17.3 Å². The van der Waals surface area contributed by atoms with E-state index in [9.17, 15) is 13.2 Å². The van der Waals surface area contributed by atoms with Crippen molar-refractivity contribution >= 4 is 28.7 Å².